The van der Waals surface area contributed by atoms with E-state index in [-0.39, 0.29) is 12.1 Å². The first-order valence-electron chi connectivity index (χ1n) is 14.5. The summed E-state index contributed by atoms with van der Waals surface area (Å²) in [4.78, 5) is 12.7. The number of ether oxygens (including phenoxy) is 1. The molecule has 3 aromatic carbocycles. The lowest BCUT2D eigenvalue weighted by Gasteiger charge is -2.39. The van der Waals surface area contributed by atoms with Gasteiger partial charge in [-0.25, -0.2) is 0 Å². The van der Waals surface area contributed by atoms with Crippen LogP contribution in [0.2, 0.25) is 0 Å². The summed E-state index contributed by atoms with van der Waals surface area (Å²) in [6.07, 6.45) is -13.8. The van der Waals surface area contributed by atoms with Crippen LogP contribution in [0.1, 0.15) is 55.9 Å². The van der Waals surface area contributed by atoms with Crippen molar-refractivity contribution in [3.05, 3.63) is 82.9 Å². The SMILES string of the molecule is CCCC(C)Nc1cc(C(c2ccc(O)c(NC(=O)C(F)(F)c3cccc(C(F)(F)C4OC4C)c3)c2)(C(F)(F)F)C(F)(F)F)ccc1O. The standard InChI is InChI=1S/C32H30F10N2O4/c1-4-6-16(2)43-22-14-18(9-11-24(22)45)28(31(37,38)39,32(40,41)42)19-10-12-25(46)23(15-19)44-27(47)30(35,36)21-8-5-7-20(13-21)29(33,34)26-17(3)48-26/h5,7-17,26,43,45-46H,4,6H2,1-3H3,(H,44,47). The van der Waals surface area contributed by atoms with Gasteiger partial charge >= 0.3 is 24.2 Å². The van der Waals surface area contributed by atoms with Crippen LogP contribution in [0, 0.1) is 0 Å². The number of hydrogen-bond donors (Lipinski definition) is 4. The number of epoxide rings is 1. The largest absolute Gasteiger partial charge is 0.506 e. The maximum atomic E-state index is 15.3. The lowest BCUT2D eigenvalue weighted by molar-refractivity contribution is -0.288. The molecule has 16 heteroatoms. The molecule has 0 bridgehead atoms. The van der Waals surface area contributed by atoms with Crippen LogP contribution in [0.25, 0.3) is 0 Å². The molecule has 1 aliphatic heterocycles. The summed E-state index contributed by atoms with van der Waals surface area (Å²) < 4.78 is 154. The molecule has 1 aliphatic rings. The van der Waals surface area contributed by atoms with Crippen molar-refractivity contribution >= 4 is 17.3 Å². The molecular formula is C32H30F10N2O4. The number of carbonyl (C=O) groups excluding carboxylic acids is 1. The summed E-state index contributed by atoms with van der Waals surface area (Å²) in [6.45, 7) is 4.69. The molecular weight excluding hydrogens is 666 g/mol. The molecule has 3 aromatic rings. The second-order valence-corrected chi connectivity index (χ2v) is 11.5. The fourth-order valence-corrected chi connectivity index (χ4v) is 5.49. The predicted octanol–water partition coefficient (Wildman–Crippen LogP) is 8.72. The number of alkyl halides is 10. The van der Waals surface area contributed by atoms with Gasteiger partial charge < -0.3 is 25.6 Å². The first kappa shape index (κ1) is 36.6. The van der Waals surface area contributed by atoms with Crippen LogP contribution in [-0.2, 0) is 26.8 Å². The normalized spacial score (nSPS) is 17.9. The predicted molar refractivity (Wildman–Crippen MR) is 154 cm³/mol. The highest BCUT2D eigenvalue weighted by Crippen LogP contribution is 2.57. The van der Waals surface area contributed by atoms with Crippen molar-refractivity contribution in [3.63, 3.8) is 0 Å². The second-order valence-electron chi connectivity index (χ2n) is 11.5. The van der Waals surface area contributed by atoms with Crippen molar-refractivity contribution in [2.24, 2.45) is 0 Å². The van der Waals surface area contributed by atoms with Gasteiger partial charge in [0.2, 0.25) is 5.41 Å². The second kappa shape index (κ2) is 12.7. The first-order valence-corrected chi connectivity index (χ1v) is 14.5. The number of rotatable bonds is 11. The van der Waals surface area contributed by atoms with E-state index < -0.39 is 98.9 Å². The summed E-state index contributed by atoms with van der Waals surface area (Å²) in [7, 11) is 0. The molecule has 4 rings (SSSR count). The number of anilines is 2. The van der Waals surface area contributed by atoms with Crippen molar-refractivity contribution < 1.29 is 63.6 Å². The highest BCUT2D eigenvalue weighted by molar-refractivity contribution is 5.98. The van der Waals surface area contributed by atoms with Crippen LogP contribution in [0.5, 0.6) is 11.5 Å². The maximum Gasteiger partial charge on any atom is 0.411 e. The molecule has 3 atom stereocenters. The fourth-order valence-electron chi connectivity index (χ4n) is 5.49. The summed E-state index contributed by atoms with van der Waals surface area (Å²) in [5.74, 6) is -12.6. The molecule has 0 aliphatic carbocycles. The minimum atomic E-state index is -6.16. The number of nitrogens with one attached hydrogen (secondary N) is 2. The Kier molecular flexibility index (Phi) is 9.67. The Morgan fingerprint density at radius 2 is 1.29 bits per heavy atom. The number of carbonyl (C=O) groups is 1. The van der Waals surface area contributed by atoms with E-state index in [0.717, 1.165) is 12.1 Å². The van der Waals surface area contributed by atoms with Crippen molar-refractivity contribution in [1.82, 2.24) is 0 Å². The van der Waals surface area contributed by atoms with Gasteiger partial charge in [0, 0.05) is 17.2 Å². The van der Waals surface area contributed by atoms with Crippen LogP contribution in [0.4, 0.5) is 55.3 Å². The van der Waals surface area contributed by atoms with Gasteiger partial charge in [-0.2, -0.15) is 43.9 Å². The van der Waals surface area contributed by atoms with E-state index in [9.17, 15) is 50.1 Å². The molecule has 1 amide bonds. The van der Waals surface area contributed by atoms with E-state index in [1.807, 2.05) is 0 Å². The number of halogens is 10. The molecule has 0 aromatic heterocycles. The number of aromatic hydroxyl groups is 2. The Morgan fingerprint density at radius 3 is 1.79 bits per heavy atom. The monoisotopic (exact) mass is 696 g/mol. The quantitative estimate of drug-likeness (QED) is 0.0915. The van der Waals surface area contributed by atoms with E-state index in [1.54, 1.807) is 13.8 Å². The number of phenolic OH excluding ortho intramolecular Hbond substituents is 2. The van der Waals surface area contributed by atoms with E-state index in [1.165, 1.54) is 12.2 Å². The zero-order valence-electron chi connectivity index (χ0n) is 25.4. The number of amides is 1. The van der Waals surface area contributed by atoms with Crippen LogP contribution >= 0.6 is 0 Å². The van der Waals surface area contributed by atoms with Gasteiger partial charge in [0.25, 0.3) is 5.91 Å². The smallest absolute Gasteiger partial charge is 0.411 e. The summed E-state index contributed by atoms with van der Waals surface area (Å²) >= 11 is 0. The van der Waals surface area contributed by atoms with Crippen LogP contribution < -0.4 is 10.6 Å². The molecule has 1 fully saturated rings. The van der Waals surface area contributed by atoms with Crippen molar-refractivity contribution in [2.45, 2.75) is 81.5 Å². The third-order valence-corrected chi connectivity index (χ3v) is 8.04. The summed E-state index contributed by atoms with van der Waals surface area (Å²) in [5.41, 5.74) is -11.8. The van der Waals surface area contributed by atoms with Crippen LogP contribution in [0.3, 0.4) is 0 Å². The lowest BCUT2D eigenvalue weighted by atomic mass is 9.72. The molecule has 0 spiro atoms. The topological polar surface area (TPSA) is 94.1 Å². The number of hydrogen-bond acceptors (Lipinski definition) is 5. The van der Waals surface area contributed by atoms with Gasteiger partial charge in [-0.15, -0.1) is 0 Å². The summed E-state index contributed by atoms with van der Waals surface area (Å²) in [5, 5.41) is 24.6. The van der Waals surface area contributed by atoms with Crippen molar-refractivity contribution in [1.29, 1.82) is 0 Å². The molecule has 0 saturated carbocycles. The third kappa shape index (κ3) is 6.58. The van der Waals surface area contributed by atoms with E-state index in [2.05, 4.69) is 5.32 Å². The Balaban J connectivity index is 1.79. The van der Waals surface area contributed by atoms with Gasteiger partial charge in [0.05, 0.1) is 17.5 Å². The third-order valence-electron chi connectivity index (χ3n) is 8.04. The van der Waals surface area contributed by atoms with Gasteiger partial charge in [-0.05, 0) is 61.7 Å². The summed E-state index contributed by atoms with van der Waals surface area (Å²) in [6, 6.07) is 4.19. The number of benzene rings is 3. The molecule has 1 saturated heterocycles. The van der Waals surface area contributed by atoms with Gasteiger partial charge in [0.1, 0.15) is 11.5 Å². The molecule has 6 nitrogen and oxygen atoms in total. The van der Waals surface area contributed by atoms with Crippen molar-refractivity contribution in [2.75, 3.05) is 10.6 Å². The van der Waals surface area contributed by atoms with E-state index >= 15 is 8.78 Å². The Morgan fingerprint density at radius 1 is 0.792 bits per heavy atom. The molecule has 4 N–H and O–H groups in total. The highest BCUT2D eigenvalue weighted by Gasteiger charge is 2.72. The maximum absolute atomic E-state index is 15.3. The number of phenols is 2. The minimum absolute atomic E-state index is 0.0420. The zero-order chi connectivity index (χ0) is 36.0. The molecule has 0 radical (unpaired) electrons. The van der Waals surface area contributed by atoms with Crippen LogP contribution in [-0.4, -0.2) is 46.7 Å². The van der Waals surface area contributed by atoms with Crippen molar-refractivity contribution in [3.8, 4) is 11.5 Å². The van der Waals surface area contributed by atoms with E-state index in [4.69, 9.17) is 4.74 Å². The highest BCUT2D eigenvalue weighted by atomic mass is 19.4. The van der Waals surface area contributed by atoms with Gasteiger partial charge in [0.15, 0.2) is 6.10 Å². The lowest BCUT2D eigenvalue weighted by Crippen LogP contribution is -2.54. The van der Waals surface area contributed by atoms with Crippen LogP contribution in [0.15, 0.2) is 60.7 Å². The fraction of sp³-hybridized carbons (Fsp3) is 0.406. The Labute approximate surface area is 267 Å². The molecule has 262 valence electrons. The Hall–Kier alpha value is -4.21. The van der Waals surface area contributed by atoms with E-state index in [0.29, 0.717) is 49.2 Å². The average Bonchev–Trinajstić information content (AvgIpc) is 3.72. The first-order chi connectivity index (χ1) is 22.1. The average molecular weight is 697 g/mol. The Bertz CT molecular complexity index is 1640. The van der Waals surface area contributed by atoms with Gasteiger partial charge in [-0.1, -0.05) is 43.7 Å². The minimum Gasteiger partial charge on any atom is -0.506 e. The molecule has 48 heavy (non-hydrogen) atoms. The zero-order valence-corrected chi connectivity index (χ0v) is 25.4. The molecule has 1 heterocycles. The molecule has 3 unspecified atom stereocenters. The van der Waals surface area contributed by atoms with Gasteiger partial charge in [-0.3, -0.25) is 4.79 Å².